The van der Waals surface area contributed by atoms with E-state index in [9.17, 15) is 4.79 Å². The molecule has 0 aliphatic heterocycles. The summed E-state index contributed by atoms with van der Waals surface area (Å²) in [6.07, 6.45) is 2.48. The summed E-state index contributed by atoms with van der Waals surface area (Å²) in [6.45, 7) is 5.44. The van der Waals surface area contributed by atoms with E-state index >= 15 is 0 Å². The van der Waals surface area contributed by atoms with Gasteiger partial charge < -0.3 is 9.88 Å². The van der Waals surface area contributed by atoms with Gasteiger partial charge in [-0.05, 0) is 31.5 Å². The molecule has 6 nitrogen and oxygen atoms in total. The van der Waals surface area contributed by atoms with E-state index in [4.69, 9.17) is 0 Å². The van der Waals surface area contributed by atoms with Crippen molar-refractivity contribution in [1.82, 2.24) is 25.1 Å². The lowest BCUT2D eigenvalue weighted by atomic mass is 10.1. The fourth-order valence-electron chi connectivity index (χ4n) is 2.76. The highest BCUT2D eigenvalue weighted by atomic mass is 32.2. The first-order valence-electron chi connectivity index (χ1n) is 8.97. The van der Waals surface area contributed by atoms with Gasteiger partial charge in [-0.1, -0.05) is 42.1 Å². The Morgan fingerprint density at radius 2 is 1.96 bits per heavy atom. The monoisotopic (exact) mass is 381 g/mol. The van der Waals surface area contributed by atoms with Gasteiger partial charge >= 0.3 is 0 Å². The zero-order valence-corrected chi connectivity index (χ0v) is 16.4. The van der Waals surface area contributed by atoms with Crippen molar-refractivity contribution in [3.05, 3.63) is 59.9 Å². The van der Waals surface area contributed by atoms with Crippen LogP contribution in [0.15, 0.2) is 53.8 Å². The van der Waals surface area contributed by atoms with Crippen molar-refractivity contribution in [3.63, 3.8) is 0 Å². The fourth-order valence-corrected chi connectivity index (χ4v) is 3.59. The summed E-state index contributed by atoms with van der Waals surface area (Å²) in [7, 11) is 0. The Bertz CT molecular complexity index is 894. The molecule has 2 aromatic heterocycles. The van der Waals surface area contributed by atoms with Gasteiger partial charge in [-0.15, -0.1) is 10.2 Å². The number of nitrogens with zero attached hydrogens (tertiary/aromatic N) is 4. The van der Waals surface area contributed by atoms with Crippen LogP contribution in [0, 0.1) is 6.92 Å². The van der Waals surface area contributed by atoms with E-state index in [1.165, 1.54) is 11.8 Å². The molecule has 0 unspecified atom stereocenters. The summed E-state index contributed by atoms with van der Waals surface area (Å²) in [4.78, 5) is 16.4. The zero-order chi connectivity index (χ0) is 19.1. The highest BCUT2D eigenvalue weighted by Crippen LogP contribution is 2.26. The fraction of sp³-hybridized carbons (Fsp3) is 0.300. The Morgan fingerprint density at radius 1 is 1.15 bits per heavy atom. The molecule has 3 rings (SSSR count). The summed E-state index contributed by atoms with van der Waals surface area (Å²) in [5, 5.41) is 12.3. The number of amides is 1. The van der Waals surface area contributed by atoms with Crippen molar-refractivity contribution in [1.29, 1.82) is 0 Å². The number of carbonyl (C=O) groups excluding carboxylic acids is 1. The molecule has 7 heteroatoms. The zero-order valence-electron chi connectivity index (χ0n) is 15.6. The molecule has 0 aliphatic carbocycles. The van der Waals surface area contributed by atoms with Gasteiger partial charge in [0.15, 0.2) is 11.0 Å². The van der Waals surface area contributed by atoms with Gasteiger partial charge in [-0.3, -0.25) is 9.78 Å². The van der Waals surface area contributed by atoms with Gasteiger partial charge in [0.05, 0.1) is 5.75 Å². The van der Waals surface area contributed by atoms with Gasteiger partial charge in [0, 0.05) is 37.0 Å². The number of rotatable bonds is 8. The molecule has 1 N–H and O–H groups in total. The topological polar surface area (TPSA) is 72.7 Å². The average molecular weight is 382 g/mol. The number of hydrogen-bond acceptors (Lipinski definition) is 5. The molecule has 0 spiro atoms. The molecule has 0 bridgehead atoms. The number of pyridine rings is 1. The van der Waals surface area contributed by atoms with Gasteiger partial charge in [-0.25, -0.2) is 0 Å². The first-order valence-corrected chi connectivity index (χ1v) is 9.96. The molecule has 140 valence electrons. The normalized spacial score (nSPS) is 10.7. The Hall–Kier alpha value is -2.67. The largest absolute Gasteiger partial charge is 0.355 e. The van der Waals surface area contributed by atoms with Crippen LogP contribution < -0.4 is 5.32 Å². The van der Waals surface area contributed by atoms with Crippen molar-refractivity contribution < 1.29 is 4.79 Å². The van der Waals surface area contributed by atoms with Crippen LogP contribution in [0.2, 0.25) is 0 Å². The third kappa shape index (κ3) is 4.95. The summed E-state index contributed by atoms with van der Waals surface area (Å²) in [5.41, 5.74) is 3.20. The first kappa shape index (κ1) is 19.1. The average Bonchev–Trinajstić information content (AvgIpc) is 3.10. The van der Waals surface area contributed by atoms with Gasteiger partial charge in [0.1, 0.15) is 0 Å². The maximum atomic E-state index is 12.1. The molecule has 0 fully saturated rings. The molecule has 1 aromatic carbocycles. The molecule has 0 radical (unpaired) electrons. The maximum Gasteiger partial charge on any atom is 0.230 e. The molecule has 0 aliphatic rings. The van der Waals surface area contributed by atoms with Crippen molar-refractivity contribution in [2.75, 3.05) is 12.3 Å². The van der Waals surface area contributed by atoms with Gasteiger partial charge in [0.25, 0.3) is 0 Å². The Morgan fingerprint density at radius 3 is 2.70 bits per heavy atom. The molecule has 0 saturated carbocycles. The van der Waals surface area contributed by atoms with E-state index in [1.54, 1.807) is 6.20 Å². The van der Waals surface area contributed by atoms with Crippen LogP contribution in [-0.2, 0) is 17.8 Å². The summed E-state index contributed by atoms with van der Waals surface area (Å²) < 4.78 is 2.05. The molecule has 27 heavy (non-hydrogen) atoms. The number of benzene rings is 1. The quantitative estimate of drug-likeness (QED) is 0.607. The van der Waals surface area contributed by atoms with Gasteiger partial charge in [0.2, 0.25) is 5.91 Å². The second-order valence-corrected chi connectivity index (χ2v) is 7.02. The minimum atomic E-state index is -0.0148. The predicted octanol–water partition coefficient (Wildman–Crippen LogP) is 3.12. The standard InChI is InChI=1S/C20H23N5OS/c1-3-25-19(17-10-5-4-8-15(17)2)23-24-20(25)27-14-18(26)22-13-11-16-9-6-7-12-21-16/h4-10,12H,3,11,13-14H2,1-2H3,(H,22,26). The Balaban J connectivity index is 1.56. The van der Waals surface area contributed by atoms with E-state index in [1.807, 2.05) is 41.0 Å². The maximum absolute atomic E-state index is 12.1. The predicted molar refractivity (Wildman–Crippen MR) is 108 cm³/mol. The molecule has 1 amide bonds. The van der Waals surface area contributed by atoms with Crippen molar-refractivity contribution >= 4 is 17.7 Å². The third-order valence-corrected chi connectivity index (χ3v) is 5.15. The summed E-state index contributed by atoms with van der Waals surface area (Å²) in [5.74, 6) is 1.14. The second-order valence-electron chi connectivity index (χ2n) is 6.08. The van der Waals surface area contributed by atoms with Crippen LogP contribution >= 0.6 is 11.8 Å². The van der Waals surface area contributed by atoms with Crippen molar-refractivity contribution in [2.45, 2.75) is 32.0 Å². The Labute approximate surface area is 163 Å². The van der Waals surface area contributed by atoms with E-state index < -0.39 is 0 Å². The van der Waals surface area contributed by atoms with Crippen LogP contribution in [-0.4, -0.2) is 38.0 Å². The molecular weight excluding hydrogens is 358 g/mol. The summed E-state index contributed by atoms with van der Waals surface area (Å²) in [6, 6.07) is 13.9. The van der Waals surface area contributed by atoms with Crippen LogP contribution in [0.5, 0.6) is 0 Å². The van der Waals surface area contributed by atoms with Crippen LogP contribution in [0.4, 0.5) is 0 Å². The van der Waals surface area contributed by atoms with Crippen LogP contribution in [0.1, 0.15) is 18.2 Å². The lowest BCUT2D eigenvalue weighted by Gasteiger charge is -2.09. The number of thioether (sulfide) groups is 1. The third-order valence-electron chi connectivity index (χ3n) is 4.18. The highest BCUT2D eigenvalue weighted by Gasteiger charge is 2.15. The molecule has 2 heterocycles. The first-order chi connectivity index (χ1) is 13.2. The minimum Gasteiger partial charge on any atom is -0.355 e. The number of nitrogens with one attached hydrogen (secondary N) is 1. The number of hydrogen-bond donors (Lipinski definition) is 1. The van der Waals surface area contributed by atoms with Crippen LogP contribution in [0.3, 0.4) is 0 Å². The molecular formula is C20H23N5OS. The number of aromatic nitrogens is 4. The lowest BCUT2D eigenvalue weighted by Crippen LogP contribution is -2.27. The highest BCUT2D eigenvalue weighted by molar-refractivity contribution is 7.99. The van der Waals surface area contributed by atoms with E-state index in [0.29, 0.717) is 12.3 Å². The minimum absolute atomic E-state index is 0.0148. The SMILES string of the molecule is CCn1c(SCC(=O)NCCc2ccccn2)nnc1-c1ccccc1C. The van der Waals surface area contributed by atoms with E-state index in [2.05, 4.69) is 40.4 Å². The van der Waals surface area contributed by atoms with E-state index in [-0.39, 0.29) is 5.91 Å². The molecule has 3 aromatic rings. The van der Waals surface area contributed by atoms with Crippen molar-refractivity contribution in [3.8, 4) is 11.4 Å². The van der Waals surface area contributed by atoms with E-state index in [0.717, 1.165) is 40.8 Å². The Kier molecular flexibility index (Phi) is 6.59. The van der Waals surface area contributed by atoms with Crippen LogP contribution in [0.25, 0.3) is 11.4 Å². The van der Waals surface area contributed by atoms with Crippen molar-refractivity contribution in [2.24, 2.45) is 0 Å². The molecule has 0 saturated heterocycles. The number of aryl methyl sites for hydroxylation is 1. The number of carbonyl (C=O) groups is 1. The molecule has 0 atom stereocenters. The lowest BCUT2D eigenvalue weighted by molar-refractivity contribution is -0.118. The smallest absolute Gasteiger partial charge is 0.230 e. The summed E-state index contributed by atoms with van der Waals surface area (Å²) >= 11 is 1.41. The van der Waals surface area contributed by atoms with Gasteiger partial charge in [-0.2, -0.15) is 0 Å². The second kappa shape index (κ2) is 9.32.